The lowest BCUT2D eigenvalue weighted by Crippen LogP contribution is -2.25. The van der Waals surface area contributed by atoms with Gasteiger partial charge in [0.05, 0.1) is 4.92 Å². The molecule has 1 amide bonds. The van der Waals surface area contributed by atoms with Crippen molar-refractivity contribution in [2.45, 2.75) is 18.9 Å². The van der Waals surface area contributed by atoms with Crippen LogP contribution in [0.15, 0.2) is 103 Å². The van der Waals surface area contributed by atoms with Gasteiger partial charge < -0.3 is 15.0 Å². The molecule has 1 heterocycles. The molecule has 8 heteroatoms. The number of carbonyl (C=O) groups excluding carboxylic acids is 1. The van der Waals surface area contributed by atoms with E-state index in [0.29, 0.717) is 28.5 Å². The highest BCUT2D eigenvalue weighted by Gasteiger charge is 2.23. The maximum absolute atomic E-state index is 13.1. The molecule has 0 aliphatic carbocycles. The summed E-state index contributed by atoms with van der Waals surface area (Å²) in [5.41, 5.74) is 3.39. The van der Waals surface area contributed by atoms with Crippen LogP contribution < -0.4 is 10.1 Å². The van der Waals surface area contributed by atoms with E-state index in [1.807, 2.05) is 60.8 Å². The summed E-state index contributed by atoms with van der Waals surface area (Å²) in [4.78, 5) is 27.4. The van der Waals surface area contributed by atoms with E-state index >= 15 is 0 Å². The lowest BCUT2D eigenvalue weighted by Gasteiger charge is -2.18. The number of nitrogens with one attached hydrogen (secondary N) is 2. The summed E-state index contributed by atoms with van der Waals surface area (Å²) in [6, 6.07) is 29.0. The highest BCUT2D eigenvalue weighted by molar-refractivity contribution is 6.30. The van der Waals surface area contributed by atoms with E-state index in [4.69, 9.17) is 16.3 Å². The summed E-state index contributed by atoms with van der Waals surface area (Å²) >= 11 is 5.99. The number of non-ortho nitro benzene ring substituents is 1. The number of amides is 1. The van der Waals surface area contributed by atoms with E-state index in [1.165, 1.54) is 6.07 Å². The summed E-state index contributed by atoms with van der Waals surface area (Å²) in [7, 11) is 0. The van der Waals surface area contributed by atoms with Crippen LogP contribution in [0.3, 0.4) is 0 Å². The molecular formula is C30H24ClN3O4. The summed E-state index contributed by atoms with van der Waals surface area (Å²) < 4.78 is 6.03. The van der Waals surface area contributed by atoms with E-state index in [9.17, 15) is 14.9 Å². The molecule has 1 unspecified atom stereocenters. The number of aromatic amines is 1. The molecule has 7 nitrogen and oxygen atoms in total. The number of benzene rings is 4. The molecule has 2 N–H and O–H groups in total. The minimum atomic E-state index is -0.418. The Kier molecular flexibility index (Phi) is 7.38. The number of fused-ring (bicyclic) bond motifs is 1. The molecule has 0 saturated carbocycles. The van der Waals surface area contributed by atoms with Gasteiger partial charge in [-0.15, -0.1) is 0 Å². The summed E-state index contributed by atoms with van der Waals surface area (Å²) in [6.07, 6.45) is 1.96. The van der Waals surface area contributed by atoms with Gasteiger partial charge in [-0.1, -0.05) is 54.1 Å². The number of nitro benzene ring substituents is 1. The van der Waals surface area contributed by atoms with Gasteiger partial charge in [-0.2, -0.15) is 0 Å². The maximum Gasteiger partial charge on any atom is 0.270 e. The largest absolute Gasteiger partial charge is 0.457 e. The zero-order valence-electron chi connectivity index (χ0n) is 20.3. The first-order valence-corrected chi connectivity index (χ1v) is 12.4. The average Bonchev–Trinajstić information content (AvgIpc) is 3.35. The smallest absolute Gasteiger partial charge is 0.270 e. The number of nitrogens with zero attached hydrogens (tertiary/aromatic N) is 1. The van der Waals surface area contributed by atoms with Gasteiger partial charge in [0.1, 0.15) is 11.5 Å². The van der Waals surface area contributed by atoms with Crippen molar-refractivity contribution in [3.8, 4) is 11.5 Å². The van der Waals surface area contributed by atoms with Gasteiger partial charge in [-0.3, -0.25) is 14.9 Å². The Hall–Kier alpha value is -4.62. The molecule has 5 rings (SSSR count). The number of hydrogen-bond donors (Lipinski definition) is 2. The van der Waals surface area contributed by atoms with Gasteiger partial charge in [0.15, 0.2) is 0 Å². The minimum absolute atomic E-state index is 0.00884. The van der Waals surface area contributed by atoms with E-state index in [0.717, 1.165) is 22.2 Å². The van der Waals surface area contributed by atoms with Gasteiger partial charge in [0.25, 0.3) is 5.69 Å². The topological polar surface area (TPSA) is 97.3 Å². The first kappa shape index (κ1) is 25.0. The van der Waals surface area contributed by atoms with E-state index in [2.05, 4.69) is 10.3 Å². The van der Waals surface area contributed by atoms with Crippen LogP contribution in [0.25, 0.3) is 10.9 Å². The van der Waals surface area contributed by atoms with Crippen LogP contribution in [-0.4, -0.2) is 15.8 Å². The van der Waals surface area contributed by atoms with E-state index < -0.39 is 4.92 Å². The Labute approximate surface area is 224 Å². The SMILES string of the molecule is O=C(CC(c1cccc(Oc2ccc(Cl)cc2)c1)c1c[nH]c2ccc([N+](=O)[O-])cc12)NCc1ccccc1. The third-order valence-electron chi connectivity index (χ3n) is 6.32. The van der Waals surface area contributed by atoms with E-state index in [-0.39, 0.29) is 23.9 Å². The van der Waals surface area contributed by atoms with Crippen molar-refractivity contribution in [3.63, 3.8) is 0 Å². The molecule has 38 heavy (non-hydrogen) atoms. The van der Waals surface area contributed by atoms with Crippen LogP contribution in [-0.2, 0) is 11.3 Å². The molecule has 1 aromatic heterocycles. The van der Waals surface area contributed by atoms with Gasteiger partial charge in [0, 0.05) is 53.1 Å². The molecule has 1 atom stereocenters. The Morgan fingerprint density at radius 1 is 0.947 bits per heavy atom. The second kappa shape index (κ2) is 11.2. The van der Waals surface area contributed by atoms with Crippen molar-refractivity contribution >= 4 is 34.1 Å². The summed E-state index contributed by atoms with van der Waals surface area (Å²) in [5.74, 6) is 0.717. The molecule has 190 valence electrons. The Morgan fingerprint density at radius 3 is 2.50 bits per heavy atom. The fourth-order valence-corrected chi connectivity index (χ4v) is 4.55. The van der Waals surface area contributed by atoms with Crippen molar-refractivity contribution in [3.05, 3.63) is 135 Å². The number of rotatable bonds is 9. The minimum Gasteiger partial charge on any atom is -0.457 e. The normalized spacial score (nSPS) is 11.7. The predicted molar refractivity (Wildman–Crippen MR) is 148 cm³/mol. The zero-order chi connectivity index (χ0) is 26.5. The highest BCUT2D eigenvalue weighted by atomic mass is 35.5. The van der Waals surface area contributed by atoms with Gasteiger partial charge in [0.2, 0.25) is 5.91 Å². The van der Waals surface area contributed by atoms with Gasteiger partial charge >= 0.3 is 0 Å². The quantitative estimate of drug-likeness (QED) is 0.155. The molecule has 0 aliphatic heterocycles. The second-order valence-corrected chi connectivity index (χ2v) is 9.31. The molecule has 0 spiro atoms. The predicted octanol–water partition coefficient (Wildman–Crippen LogP) is 7.36. The third-order valence-corrected chi connectivity index (χ3v) is 6.57. The Balaban J connectivity index is 1.48. The summed E-state index contributed by atoms with van der Waals surface area (Å²) in [6.45, 7) is 0.408. The Bertz CT molecular complexity index is 1580. The summed E-state index contributed by atoms with van der Waals surface area (Å²) in [5, 5.41) is 15.8. The zero-order valence-corrected chi connectivity index (χ0v) is 21.0. The van der Waals surface area contributed by atoms with Crippen molar-refractivity contribution < 1.29 is 14.5 Å². The molecule has 0 fully saturated rings. The van der Waals surface area contributed by atoms with Crippen molar-refractivity contribution in [2.75, 3.05) is 0 Å². The van der Waals surface area contributed by atoms with Crippen LogP contribution in [0.2, 0.25) is 5.02 Å². The number of aromatic nitrogens is 1. The fourth-order valence-electron chi connectivity index (χ4n) is 4.43. The fraction of sp³-hybridized carbons (Fsp3) is 0.100. The molecule has 4 aromatic carbocycles. The number of hydrogen-bond acceptors (Lipinski definition) is 4. The van der Waals surface area contributed by atoms with Crippen LogP contribution in [0, 0.1) is 10.1 Å². The van der Waals surface area contributed by atoms with Crippen LogP contribution >= 0.6 is 11.6 Å². The lowest BCUT2D eigenvalue weighted by atomic mass is 9.87. The van der Waals surface area contributed by atoms with Crippen molar-refractivity contribution in [2.24, 2.45) is 0 Å². The Morgan fingerprint density at radius 2 is 1.74 bits per heavy atom. The first-order chi connectivity index (χ1) is 18.5. The van der Waals surface area contributed by atoms with E-state index in [1.54, 1.807) is 36.4 Å². The number of ether oxygens (including phenoxy) is 1. The van der Waals surface area contributed by atoms with Crippen molar-refractivity contribution in [1.82, 2.24) is 10.3 Å². The van der Waals surface area contributed by atoms with Crippen LogP contribution in [0.4, 0.5) is 5.69 Å². The molecular weight excluding hydrogens is 502 g/mol. The molecule has 0 aliphatic rings. The standard InChI is InChI=1S/C30H24ClN3O4/c31-22-9-12-24(13-10-22)38-25-8-4-7-21(15-25)26(17-30(35)33-18-20-5-2-1-3-6-20)28-19-32-29-14-11-23(34(36)37)16-27(28)29/h1-16,19,26,32H,17-18H2,(H,33,35). The third kappa shape index (κ3) is 5.85. The number of nitro groups is 1. The molecule has 0 bridgehead atoms. The average molecular weight is 526 g/mol. The van der Waals surface area contributed by atoms with Crippen LogP contribution in [0.1, 0.15) is 29.0 Å². The monoisotopic (exact) mass is 525 g/mol. The highest BCUT2D eigenvalue weighted by Crippen LogP contribution is 2.37. The van der Waals surface area contributed by atoms with Crippen LogP contribution in [0.5, 0.6) is 11.5 Å². The molecule has 5 aromatic rings. The molecule has 0 saturated heterocycles. The second-order valence-electron chi connectivity index (χ2n) is 8.88. The molecule has 0 radical (unpaired) electrons. The number of carbonyl (C=O) groups is 1. The maximum atomic E-state index is 13.1. The van der Waals surface area contributed by atoms with Gasteiger partial charge in [-0.25, -0.2) is 0 Å². The lowest BCUT2D eigenvalue weighted by molar-refractivity contribution is -0.384. The first-order valence-electron chi connectivity index (χ1n) is 12.1. The number of halogens is 1. The van der Waals surface area contributed by atoms with Crippen molar-refractivity contribution in [1.29, 1.82) is 0 Å². The number of H-pyrrole nitrogens is 1. The van der Waals surface area contributed by atoms with Gasteiger partial charge in [-0.05, 0) is 59.2 Å².